The molecule has 0 spiro atoms. The van der Waals surface area contributed by atoms with Crippen LogP contribution in [0.2, 0.25) is 5.02 Å². The minimum atomic E-state index is -1.06. The zero-order valence-corrected chi connectivity index (χ0v) is 13.1. The van der Waals surface area contributed by atoms with Crippen LogP contribution in [0.5, 0.6) is 0 Å². The number of aliphatic carboxylic acids is 1. The van der Waals surface area contributed by atoms with Crippen molar-refractivity contribution in [3.63, 3.8) is 0 Å². The van der Waals surface area contributed by atoms with Gasteiger partial charge < -0.3 is 15.0 Å². The van der Waals surface area contributed by atoms with Crippen LogP contribution in [0.3, 0.4) is 0 Å². The third-order valence-corrected chi connectivity index (χ3v) is 3.66. The maximum Gasteiger partial charge on any atom is 0.305 e. The van der Waals surface area contributed by atoms with Crippen molar-refractivity contribution in [3.05, 3.63) is 69.1 Å². The highest BCUT2D eigenvalue weighted by molar-refractivity contribution is 6.31. The monoisotopic (exact) mass is 334 g/mol. The molecule has 0 aliphatic carbocycles. The first-order valence-electron chi connectivity index (χ1n) is 6.82. The highest BCUT2D eigenvalue weighted by Crippen LogP contribution is 2.25. The molecule has 0 aliphatic heterocycles. The Morgan fingerprint density at radius 1 is 1.26 bits per heavy atom. The van der Waals surface area contributed by atoms with E-state index in [-0.39, 0.29) is 17.5 Å². The summed E-state index contributed by atoms with van der Waals surface area (Å²) < 4.78 is 1.27. The molecule has 0 radical (unpaired) electrons. The van der Waals surface area contributed by atoms with Gasteiger partial charge in [0.1, 0.15) is 0 Å². The topological polar surface area (TPSA) is 88.4 Å². The molecule has 0 unspecified atom stereocenters. The van der Waals surface area contributed by atoms with Gasteiger partial charge in [-0.15, -0.1) is 0 Å². The third kappa shape index (κ3) is 4.20. The molecule has 0 bridgehead atoms. The number of carboxylic acids is 1. The standard InChI is InChI=1S/C16H15ClN2O4/c1-19-9-10(6-7-14(19)20)16(23)18-13(8-15(21)22)11-4-2-3-5-12(11)17/h2-7,9,13H,8H2,1H3,(H,18,23)(H,21,22)/t13-/m1/s1. The van der Waals surface area contributed by atoms with Gasteiger partial charge in [-0.3, -0.25) is 14.4 Å². The van der Waals surface area contributed by atoms with E-state index in [9.17, 15) is 14.4 Å². The normalized spacial score (nSPS) is 11.7. The summed E-state index contributed by atoms with van der Waals surface area (Å²) in [5.74, 6) is -1.54. The first kappa shape index (κ1) is 16.8. The van der Waals surface area contributed by atoms with Crippen molar-refractivity contribution in [1.82, 2.24) is 9.88 Å². The van der Waals surface area contributed by atoms with Crippen molar-refractivity contribution in [3.8, 4) is 0 Å². The molecule has 1 amide bonds. The van der Waals surface area contributed by atoms with Gasteiger partial charge in [0.15, 0.2) is 0 Å². The number of rotatable bonds is 5. The number of nitrogens with zero attached hydrogens (tertiary/aromatic N) is 1. The maximum atomic E-state index is 12.3. The van der Waals surface area contributed by atoms with E-state index < -0.39 is 17.9 Å². The number of carbonyl (C=O) groups excluding carboxylic acids is 1. The van der Waals surface area contributed by atoms with Gasteiger partial charge in [0.05, 0.1) is 18.0 Å². The molecule has 0 saturated heterocycles. The summed E-state index contributed by atoms with van der Waals surface area (Å²) in [4.78, 5) is 34.8. The smallest absolute Gasteiger partial charge is 0.305 e. The Morgan fingerprint density at radius 2 is 1.96 bits per heavy atom. The molecule has 23 heavy (non-hydrogen) atoms. The maximum absolute atomic E-state index is 12.3. The Kier molecular flexibility index (Phi) is 5.18. The Bertz CT molecular complexity index is 801. The lowest BCUT2D eigenvalue weighted by Crippen LogP contribution is -2.31. The zero-order valence-electron chi connectivity index (χ0n) is 12.3. The second-order valence-corrected chi connectivity index (χ2v) is 5.42. The molecule has 120 valence electrons. The number of hydrogen-bond acceptors (Lipinski definition) is 3. The lowest BCUT2D eigenvalue weighted by atomic mass is 10.0. The van der Waals surface area contributed by atoms with Crippen molar-refractivity contribution in [2.24, 2.45) is 7.05 Å². The number of aromatic nitrogens is 1. The number of hydrogen-bond donors (Lipinski definition) is 2. The van der Waals surface area contributed by atoms with Crippen LogP contribution in [-0.4, -0.2) is 21.6 Å². The highest BCUT2D eigenvalue weighted by Gasteiger charge is 2.21. The second kappa shape index (κ2) is 7.11. The lowest BCUT2D eigenvalue weighted by molar-refractivity contribution is -0.137. The minimum absolute atomic E-state index is 0.241. The summed E-state index contributed by atoms with van der Waals surface area (Å²) >= 11 is 6.09. The fourth-order valence-corrected chi connectivity index (χ4v) is 2.41. The number of carboxylic acid groups (broad SMARTS) is 1. The first-order valence-corrected chi connectivity index (χ1v) is 7.20. The van der Waals surface area contributed by atoms with E-state index in [1.54, 1.807) is 24.3 Å². The molecule has 0 saturated carbocycles. The number of benzene rings is 1. The van der Waals surface area contributed by atoms with Crippen LogP contribution in [0.1, 0.15) is 28.4 Å². The molecule has 1 heterocycles. The Balaban J connectivity index is 2.28. The largest absolute Gasteiger partial charge is 0.481 e. The molecule has 0 aliphatic rings. The van der Waals surface area contributed by atoms with Gasteiger partial charge in [0, 0.05) is 24.3 Å². The minimum Gasteiger partial charge on any atom is -0.481 e. The van der Waals surface area contributed by atoms with Crippen LogP contribution in [0.25, 0.3) is 0 Å². The number of halogens is 1. The van der Waals surface area contributed by atoms with E-state index in [1.807, 2.05) is 0 Å². The fraction of sp³-hybridized carbons (Fsp3) is 0.188. The van der Waals surface area contributed by atoms with Crippen LogP contribution in [0.4, 0.5) is 0 Å². The molecule has 7 heteroatoms. The van der Waals surface area contributed by atoms with E-state index >= 15 is 0 Å². The lowest BCUT2D eigenvalue weighted by Gasteiger charge is -2.18. The van der Waals surface area contributed by atoms with Crippen molar-refractivity contribution in [2.45, 2.75) is 12.5 Å². The number of amides is 1. The molecule has 0 fully saturated rings. The fourth-order valence-electron chi connectivity index (χ4n) is 2.14. The number of pyridine rings is 1. The molecular formula is C16H15ClN2O4. The summed E-state index contributed by atoms with van der Waals surface area (Å²) in [5.41, 5.74) is 0.541. The van der Waals surface area contributed by atoms with E-state index in [0.717, 1.165) is 0 Å². The summed E-state index contributed by atoms with van der Waals surface area (Å²) in [6.07, 6.45) is 1.09. The predicted octanol–water partition coefficient (Wildman–Crippen LogP) is 1.98. The van der Waals surface area contributed by atoms with Gasteiger partial charge in [-0.1, -0.05) is 29.8 Å². The van der Waals surface area contributed by atoms with Crippen LogP contribution in [0, 0.1) is 0 Å². The van der Waals surface area contributed by atoms with Gasteiger partial charge in [-0.05, 0) is 17.7 Å². The van der Waals surface area contributed by atoms with Crippen molar-refractivity contribution in [1.29, 1.82) is 0 Å². The van der Waals surface area contributed by atoms with E-state index in [4.69, 9.17) is 16.7 Å². The summed E-state index contributed by atoms with van der Waals surface area (Å²) in [5, 5.41) is 12.1. The predicted molar refractivity (Wildman–Crippen MR) is 85.6 cm³/mol. The molecule has 1 atom stereocenters. The van der Waals surface area contributed by atoms with Gasteiger partial charge in [0.2, 0.25) is 5.56 Å². The van der Waals surface area contributed by atoms with E-state index in [2.05, 4.69) is 5.32 Å². The van der Waals surface area contributed by atoms with Gasteiger partial charge in [-0.2, -0.15) is 0 Å². The van der Waals surface area contributed by atoms with Crippen molar-refractivity contribution in [2.75, 3.05) is 0 Å². The van der Waals surface area contributed by atoms with Gasteiger partial charge >= 0.3 is 5.97 Å². The highest BCUT2D eigenvalue weighted by atomic mass is 35.5. The zero-order chi connectivity index (χ0) is 17.0. The van der Waals surface area contributed by atoms with Crippen LogP contribution in [-0.2, 0) is 11.8 Å². The molecule has 6 nitrogen and oxygen atoms in total. The second-order valence-electron chi connectivity index (χ2n) is 5.01. The molecule has 2 N–H and O–H groups in total. The summed E-state index contributed by atoms with van der Waals surface area (Å²) in [6, 6.07) is 8.62. The third-order valence-electron chi connectivity index (χ3n) is 3.31. The van der Waals surface area contributed by atoms with E-state index in [0.29, 0.717) is 10.6 Å². The SMILES string of the molecule is Cn1cc(C(=O)N[C@H](CC(=O)O)c2ccccc2Cl)ccc1=O. The number of aryl methyl sites for hydroxylation is 1. The molecule has 1 aromatic carbocycles. The number of carbonyl (C=O) groups is 2. The molecule has 2 rings (SSSR count). The molecular weight excluding hydrogens is 320 g/mol. The molecule has 2 aromatic rings. The number of nitrogens with one attached hydrogen (secondary N) is 1. The Hall–Kier alpha value is -2.60. The summed E-state index contributed by atoms with van der Waals surface area (Å²) in [6.45, 7) is 0. The quantitative estimate of drug-likeness (QED) is 0.875. The summed E-state index contributed by atoms with van der Waals surface area (Å²) in [7, 11) is 1.53. The van der Waals surface area contributed by atoms with Crippen LogP contribution in [0.15, 0.2) is 47.4 Å². The van der Waals surface area contributed by atoms with Crippen molar-refractivity contribution < 1.29 is 14.7 Å². The van der Waals surface area contributed by atoms with Gasteiger partial charge in [-0.25, -0.2) is 0 Å². The molecule has 1 aromatic heterocycles. The Morgan fingerprint density at radius 3 is 2.57 bits per heavy atom. The average molecular weight is 335 g/mol. The Labute approximate surface area is 137 Å². The average Bonchev–Trinajstić information content (AvgIpc) is 2.49. The van der Waals surface area contributed by atoms with Gasteiger partial charge in [0.25, 0.3) is 5.91 Å². The van der Waals surface area contributed by atoms with Crippen LogP contribution >= 0.6 is 11.6 Å². The van der Waals surface area contributed by atoms with Crippen LogP contribution < -0.4 is 10.9 Å². The first-order chi connectivity index (χ1) is 10.9. The van der Waals surface area contributed by atoms with Crippen molar-refractivity contribution >= 4 is 23.5 Å². The van der Waals surface area contributed by atoms with E-state index in [1.165, 1.54) is 29.9 Å².